The molecule has 1 rings (SSSR count). The third-order valence-electron chi connectivity index (χ3n) is 2.38. The molecule has 0 aliphatic rings. The summed E-state index contributed by atoms with van der Waals surface area (Å²) in [6.45, 7) is -0.761. The number of alkyl halides is 3. The third kappa shape index (κ3) is 5.25. The van der Waals surface area contributed by atoms with Gasteiger partial charge in [-0.25, -0.2) is 0 Å². The second-order valence-electron chi connectivity index (χ2n) is 3.91. The summed E-state index contributed by atoms with van der Waals surface area (Å²) in [6.07, 6.45) is -4.30. The van der Waals surface area contributed by atoms with Crippen molar-refractivity contribution in [1.29, 1.82) is 0 Å². The van der Waals surface area contributed by atoms with E-state index in [1.807, 2.05) is 0 Å². The van der Waals surface area contributed by atoms with Gasteiger partial charge in [0.1, 0.15) is 6.61 Å². The van der Waals surface area contributed by atoms with Crippen LogP contribution < -0.4 is 5.32 Å². The van der Waals surface area contributed by atoms with Crippen LogP contribution in [0.4, 0.5) is 13.2 Å². The maximum atomic E-state index is 12.0. The Hall–Kier alpha value is -0.780. The van der Waals surface area contributed by atoms with Gasteiger partial charge in [0.25, 0.3) is 0 Å². The van der Waals surface area contributed by atoms with E-state index < -0.39 is 12.8 Å². The minimum atomic E-state index is -4.30. The molecule has 0 radical (unpaired) electrons. The Kier molecular flexibility index (Phi) is 5.91. The molecule has 0 heterocycles. The van der Waals surface area contributed by atoms with Crippen molar-refractivity contribution in [2.45, 2.75) is 12.1 Å². The standard InChI is InChI=1S/C12H15ClF3NO/c1-17-6-9(7-18-8-12(14,15)16)10-4-2-3-5-11(10)13/h2-5,9,17H,6-8H2,1H3. The second-order valence-corrected chi connectivity index (χ2v) is 4.31. The fourth-order valence-corrected chi connectivity index (χ4v) is 1.92. The first-order chi connectivity index (χ1) is 8.44. The van der Waals surface area contributed by atoms with Crippen molar-refractivity contribution in [2.24, 2.45) is 0 Å². The van der Waals surface area contributed by atoms with Gasteiger partial charge in [-0.1, -0.05) is 29.8 Å². The molecule has 1 aromatic carbocycles. The molecule has 0 aromatic heterocycles. The van der Waals surface area contributed by atoms with Crippen molar-refractivity contribution >= 4 is 11.6 Å². The Balaban J connectivity index is 2.63. The average Bonchev–Trinajstić information content (AvgIpc) is 2.27. The molecule has 6 heteroatoms. The van der Waals surface area contributed by atoms with Gasteiger partial charge in [-0.15, -0.1) is 0 Å². The van der Waals surface area contributed by atoms with E-state index in [1.165, 1.54) is 0 Å². The number of nitrogens with one attached hydrogen (secondary N) is 1. The first-order valence-electron chi connectivity index (χ1n) is 5.47. The van der Waals surface area contributed by atoms with Crippen LogP contribution in [-0.4, -0.2) is 33.0 Å². The summed E-state index contributed by atoms with van der Waals surface area (Å²) < 4.78 is 40.7. The maximum Gasteiger partial charge on any atom is 0.411 e. The van der Waals surface area contributed by atoms with Crippen molar-refractivity contribution in [3.8, 4) is 0 Å². The molecule has 0 fully saturated rings. The SMILES string of the molecule is CNCC(COCC(F)(F)F)c1ccccc1Cl. The Morgan fingerprint density at radius 2 is 2.00 bits per heavy atom. The first kappa shape index (κ1) is 15.3. The van der Waals surface area contributed by atoms with Crippen LogP contribution in [0, 0.1) is 0 Å². The molecular weight excluding hydrogens is 267 g/mol. The topological polar surface area (TPSA) is 21.3 Å². The third-order valence-corrected chi connectivity index (χ3v) is 2.72. The predicted molar refractivity (Wildman–Crippen MR) is 65.0 cm³/mol. The molecule has 1 N–H and O–H groups in total. The quantitative estimate of drug-likeness (QED) is 0.864. The van der Waals surface area contributed by atoms with E-state index in [4.69, 9.17) is 16.3 Å². The van der Waals surface area contributed by atoms with E-state index in [2.05, 4.69) is 5.32 Å². The predicted octanol–water partition coefficient (Wildman–Crippen LogP) is 3.22. The molecule has 18 heavy (non-hydrogen) atoms. The molecule has 1 unspecified atom stereocenters. The molecule has 1 atom stereocenters. The number of rotatable bonds is 6. The van der Waals surface area contributed by atoms with Crippen LogP contribution in [0.5, 0.6) is 0 Å². The van der Waals surface area contributed by atoms with Crippen LogP contribution in [0.2, 0.25) is 5.02 Å². The monoisotopic (exact) mass is 281 g/mol. The zero-order valence-electron chi connectivity index (χ0n) is 9.93. The van der Waals surface area contributed by atoms with Crippen LogP contribution in [0.25, 0.3) is 0 Å². The van der Waals surface area contributed by atoms with Gasteiger partial charge in [0.2, 0.25) is 0 Å². The van der Waals surface area contributed by atoms with Gasteiger partial charge < -0.3 is 10.1 Å². The van der Waals surface area contributed by atoms with E-state index in [0.717, 1.165) is 5.56 Å². The first-order valence-corrected chi connectivity index (χ1v) is 5.85. The van der Waals surface area contributed by atoms with Gasteiger partial charge in [-0.2, -0.15) is 13.2 Å². The summed E-state index contributed by atoms with van der Waals surface area (Å²) >= 11 is 6.02. The summed E-state index contributed by atoms with van der Waals surface area (Å²) in [6, 6.07) is 7.08. The average molecular weight is 282 g/mol. The Bertz CT molecular complexity index is 371. The molecule has 2 nitrogen and oxygen atoms in total. The van der Waals surface area contributed by atoms with Crippen LogP contribution in [0.3, 0.4) is 0 Å². The molecule has 0 bridgehead atoms. The van der Waals surface area contributed by atoms with Crippen molar-refractivity contribution in [2.75, 3.05) is 26.8 Å². The smallest absolute Gasteiger partial charge is 0.371 e. The molecule has 0 saturated carbocycles. The molecule has 0 amide bonds. The van der Waals surface area contributed by atoms with E-state index in [0.29, 0.717) is 11.6 Å². The van der Waals surface area contributed by atoms with E-state index in [1.54, 1.807) is 31.3 Å². The largest absolute Gasteiger partial charge is 0.411 e. The summed E-state index contributed by atoms with van der Waals surface area (Å²) in [5.41, 5.74) is 0.788. The number of benzene rings is 1. The highest BCUT2D eigenvalue weighted by molar-refractivity contribution is 6.31. The second kappa shape index (κ2) is 6.97. The number of halogens is 4. The molecule has 0 spiro atoms. The lowest BCUT2D eigenvalue weighted by atomic mass is 10.00. The molecule has 0 aliphatic carbocycles. The van der Waals surface area contributed by atoms with Gasteiger partial charge in [-0.3, -0.25) is 0 Å². The molecule has 1 aromatic rings. The minimum Gasteiger partial charge on any atom is -0.371 e. The summed E-state index contributed by atoms with van der Waals surface area (Å²) in [5, 5.41) is 3.46. The van der Waals surface area contributed by atoms with Crippen LogP contribution >= 0.6 is 11.6 Å². The summed E-state index contributed by atoms with van der Waals surface area (Å²) in [7, 11) is 1.73. The molecule has 0 aliphatic heterocycles. The lowest BCUT2D eigenvalue weighted by Gasteiger charge is -2.19. The van der Waals surface area contributed by atoms with Crippen molar-refractivity contribution in [3.63, 3.8) is 0 Å². The number of likely N-dealkylation sites (N-methyl/N-ethyl adjacent to an activating group) is 1. The van der Waals surface area contributed by atoms with Gasteiger partial charge in [0, 0.05) is 17.5 Å². The summed E-state index contributed by atoms with van der Waals surface area (Å²) in [4.78, 5) is 0. The van der Waals surface area contributed by atoms with Gasteiger partial charge in [0.05, 0.1) is 6.61 Å². The van der Waals surface area contributed by atoms with E-state index in [9.17, 15) is 13.2 Å². The van der Waals surface area contributed by atoms with Gasteiger partial charge in [0.15, 0.2) is 0 Å². The Morgan fingerprint density at radius 3 is 2.56 bits per heavy atom. The van der Waals surface area contributed by atoms with Crippen LogP contribution in [0.1, 0.15) is 11.5 Å². The van der Waals surface area contributed by atoms with Crippen LogP contribution in [0.15, 0.2) is 24.3 Å². The highest BCUT2D eigenvalue weighted by atomic mass is 35.5. The minimum absolute atomic E-state index is 0.0237. The van der Waals surface area contributed by atoms with Gasteiger partial charge in [-0.05, 0) is 18.7 Å². The maximum absolute atomic E-state index is 12.0. The van der Waals surface area contributed by atoms with E-state index in [-0.39, 0.29) is 12.5 Å². The zero-order valence-corrected chi connectivity index (χ0v) is 10.7. The highest BCUT2D eigenvalue weighted by Gasteiger charge is 2.28. The normalized spacial score (nSPS) is 13.6. The Morgan fingerprint density at radius 1 is 1.33 bits per heavy atom. The molecule has 102 valence electrons. The van der Waals surface area contributed by atoms with Crippen molar-refractivity contribution < 1.29 is 17.9 Å². The molecule has 0 saturated heterocycles. The Labute approximate surface area is 109 Å². The zero-order chi connectivity index (χ0) is 13.6. The van der Waals surface area contributed by atoms with Crippen molar-refractivity contribution in [3.05, 3.63) is 34.9 Å². The number of hydrogen-bond donors (Lipinski definition) is 1. The fraction of sp³-hybridized carbons (Fsp3) is 0.500. The molecular formula is C12H15ClF3NO. The summed E-state index contributed by atoms with van der Waals surface area (Å²) in [5.74, 6) is -0.203. The highest BCUT2D eigenvalue weighted by Crippen LogP contribution is 2.25. The fourth-order valence-electron chi connectivity index (χ4n) is 1.63. The number of ether oxygens (including phenoxy) is 1. The lowest BCUT2D eigenvalue weighted by molar-refractivity contribution is -0.174. The lowest BCUT2D eigenvalue weighted by Crippen LogP contribution is -2.25. The van der Waals surface area contributed by atoms with Crippen molar-refractivity contribution in [1.82, 2.24) is 5.32 Å². The number of hydrogen-bond acceptors (Lipinski definition) is 2. The van der Waals surface area contributed by atoms with E-state index >= 15 is 0 Å². The van der Waals surface area contributed by atoms with Crippen LogP contribution in [-0.2, 0) is 4.74 Å². The van der Waals surface area contributed by atoms with Gasteiger partial charge >= 0.3 is 6.18 Å².